The predicted molar refractivity (Wildman–Crippen MR) is 89.6 cm³/mol. The third-order valence-corrected chi connectivity index (χ3v) is 4.26. The summed E-state index contributed by atoms with van der Waals surface area (Å²) >= 11 is 0. The van der Waals surface area contributed by atoms with Gasteiger partial charge in [-0.15, -0.1) is 0 Å². The van der Waals surface area contributed by atoms with E-state index < -0.39 is 15.6 Å². The highest BCUT2D eigenvalue weighted by Gasteiger charge is 2.23. The van der Waals surface area contributed by atoms with Crippen LogP contribution in [-0.4, -0.2) is 71.0 Å². The minimum atomic E-state index is -3.25. The Hall–Kier alpha value is -0.860. The zero-order valence-electron chi connectivity index (χ0n) is 14.3. The van der Waals surface area contributed by atoms with E-state index in [1.165, 1.54) is 0 Å². The lowest BCUT2D eigenvalue weighted by Gasteiger charge is -2.27. The molecule has 1 saturated heterocycles. The average molecular weight is 334 g/mol. The third kappa shape index (κ3) is 7.42. The van der Waals surface area contributed by atoms with Gasteiger partial charge in [0.2, 0.25) is 10.0 Å². The first-order valence-electron chi connectivity index (χ1n) is 7.69. The molecule has 8 heteroatoms. The molecule has 1 fully saturated rings. The van der Waals surface area contributed by atoms with Crippen LogP contribution in [0.3, 0.4) is 0 Å². The number of sulfonamides is 1. The smallest absolute Gasteiger partial charge is 0.209 e. The fourth-order valence-corrected chi connectivity index (χ4v) is 3.55. The summed E-state index contributed by atoms with van der Waals surface area (Å²) in [4.78, 5) is 6.66. The van der Waals surface area contributed by atoms with Crippen molar-refractivity contribution in [2.24, 2.45) is 10.9 Å². The van der Waals surface area contributed by atoms with Gasteiger partial charge in [0.25, 0.3) is 0 Å². The predicted octanol–water partition coefficient (Wildman–Crippen LogP) is 0.248. The number of aliphatic imine (C=N–C) groups is 1. The van der Waals surface area contributed by atoms with Gasteiger partial charge in [0.05, 0.1) is 19.4 Å². The minimum absolute atomic E-state index is 0.369. The summed E-state index contributed by atoms with van der Waals surface area (Å²) in [6, 6.07) is 0. The normalized spacial score (nSPS) is 20.2. The maximum atomic E-state index is 11.4. The van der Waals surface area contributed by atoms with Crippen LogP contribution in [-0.2, 0) is 14.8 Å². The lowest BCUT2D eigenvalue weighted by Crippen LogP contribution is -2.47. The third-order valence-electron chi connectivity index (χ3n) is 3.34. The Morgan fingerprint density at radius 1 is 1.45 bits per heavy atom. The molecule has 1 rings (SSSR count). The Balaban J connectivity index is 2.67. The molecule has 1 unspecified atom stereocenters. The SMILES string of the molecule is CCNC(=NCC(C)(C)NS(C)(=O)=O)N(C)CC1CCOC1. The summed E-state index contributed by atoms with van der Waals surface area (Å²) in [6.07, 6.45) is 2.24. The second kappa shape index (κ2) is 8.12. The molecule has 130 valence electrons. The second-order valence-corrected chi connectivity index (χ2v) is 8.29. The fourth-order valence-electron chi connectivity index (χ4n) is 2.48. The maximum Gasteiger partial charge on any atom is 0.209 e. The van der Waals surface area contributed by atoms with Crippen LogP contribution in [0.25, 0.3) is 0 Å². The quantitative estimate of drug-likeness (QED) is 0.515. The first-order chi connectivity index (χ1) is 10.1. The van der Waals surface area contributed by atoms with E-state index in [4.69, 9.17) is 4.74 Å². The van der Waals surface area contributed by atoms with Crippen LogP contribution < -0.4 is 10.0 Å². The van der Waals surface area contributed by atoms with Crippen molar-refractivity contribution in [3.8, 4) is 0 Å². The van der Waals surface area contributed by atoms with Gasteiger partial charge in [0.1, 0.15) is 0 Å². The summed E-state index contributed by atoms with van der Waals surface area (Å²) in [7, 11) is -1.25. The number of hydrogen-bond donors (Lipinski definition) is 2. The van der Waals surface area contributed by atoms with Crippen LogP contribution >= 0.6 is 0 Å². The molecule has 0 aromatic carbocycles. The van der Waals surface area contributed by atoms with Crippen molar-refractivity contribution in [3.63, 3.8) is 0 Å². The molecule has 1 aliphatic rings. The molecular formula is C14H30N4O3S. The summed E-state index contributed by atoms with van der Waals surface area (Å²) in [5, 5.41) is 3.25. The van der Waals surface area contributed by atoms with Crippen LogP contribution in [0, 0.1) is 5.92 Å². The van der Waals surface area contributed by atoms with E-state index in [1.54, 1.807) is 0 Å². The van der Waals surface area contributed by atoms with Crippen molar-refractivity contribution in [2.75, 3.05) is 46.2 Å². The van der Waals surface area contributed by atoms with Gasteiger partial charge in [-0.2, -0.15) is 0 Å². The van der Waals surface area contributed by atoms with Crippen LogP contribution in [0.1, 0.15) is 27.2 Å². The first-order valence-corrected chi connectivity index (χ1v) is 9.58. The molecule has 1 atom stereocenters. The van der Waals surface area contributed by atoms with E-state index in [2.05, 4.69) is 19.9 Å². The Morgan fingerprint density at radius 2 is 2.14 bits per heavy atom. The first kappa shape index (κ1) is 19.2. The van der Waals surface area contributed by atoms with Gasteiger partial charge in [-0.1, -0.05) is 0 Å². The number of nitrogens with zero attached hydrogens (tertiary/aromatic N) is 2. The molecule has 0 aliphatic carbocycles. The number of hydrogen-bond acceptors (Lipinski definition) is 4. The Labute approximate surface area is 134 Å². The molecule has 7 nitrogen and oxygen atoms in total. The Kier molecular flexibility index (Phi) is 7.08. The molecule has 0 radical (unpaired) electrons. The van der Waals surface area contributed by atoms with Gasteiger partial charge >= 0.3 is 0 Å². The van der Waals surface area contributed by atoms with Crippen molar-refractivity contribution in [2.45, 2.75) is 32.7 Å². The van der Waals surface area contributed by atoms with Crippen molar-refractivity contribution >= 4 is 16.0 Å². The molecule has 0 amide bonds. The highest BCUT2D eigenvalue weighted by molar-refractivity contribution is 7.88. The summed E-state index contributed by atoms with van der Waals surface area (Å²) in [5.74, 6) is 1.31. The molecule has 0 saturated carbocycles. The molecular weight excluding hydrogens is 304 g/mol. The van der Waals surface area contributed by atoms with E-state index in [-0.39, 0.29) is 0 Å². The molecule has 0 aromatic rings. The van der Waals surface area contributed by atoms with Crippen LogP contribution in [0.4, 0.5) is 0 Å². The van der Waals surface area contributed by atoms with E-state index in [1.807, 2.05) is 27.8 Å². The molecule has 22 heavy (non-hydrogen) atoms. The zero-order chi connectivity index (χ0) is 16.8. The Morgan fingerprint density at radius 3 is 2.64 bits per heavy atom. The van der Waals surface area contributed by atoms with Gasteiger partial charge in [-0.25, -0.2) is 13.1 Å². The highest BCUT2D eigenvalue weighted by atomic mass is 32.2. The molecule has 0 bridgehead atoms. The number of ether oxygens (including phenoxy) is 1. The monoisotopic (exact) mass is 334 g/mol. The lowest BCUT2D eigenvalue weighted by atomic mass is 10.1. The van der Waals surface area contributed by atoms with Gasteiger partial charge < -0.3 is 15.0 Å². The topological polar surface area (TPSA) is 83.0 Å². The lowest BCUT2D eigenvalue weighted by molar-refractivity contribution is 0.181. The summed E-state index contributed by atoms with van der Waals surface area (Å²) in [6.45, 7) is 9.31. The zero-order valence-corrected chi connectivity index (χ0v) is 15.2. The largest absolute Gasteiger partial charge is 0.381 e. The molecule has 0 aromatic heterocycles. The maximum absolute atomic E-state index is 11.4. The van der Waals surface area contributed by atoms with E-state index >= 15 is 0 Å². The number of rotatable bonds is 7. The highest BCUT2D eigenvalue weighted by Crippen LogP contribution is 2.13. The minimum Gasteiger partial charge on any atom is -0.381 e. The summed E-state index contributed by atoms with van der Waals surface area (Å²) < 4.78 is 30.8. The van der Waals surface area contributed by atoms with Crippen molar-refractivity contribution in [3.05, 3.63) is 0 Å². The van der Waals surface area contributed by atoms with Crippen LogP contribution in [0.5, 0.6) is 0 Å². The van der Waals surface area contributed by atoms with Crippen molar-refractivity contribution < 1.29 is 13.2 Å². The van der Waals surface area contributed by atoms with Crippen LogP contribution in [0.2, 0.25) is 0 Å². The standard InChI is InChI=1S/C14H30N4O3S/c1-6-15-13(18(4)9-12-7-8-21-10-12)16-11-14(2,3)17-22(5,19)20/h12,17H,6-11H2,1-5H3,(H,15,16). The molecule has 0 spiro atoms. The molecule has 1 heterocycles. The van der Waals surface area contributed by atoms with Crippen molar-refractivity contribution in [1.82, 2.24) is 14.9 Å². The van der Waals surface area contributed by atoms with Gasteiger partial charge in [0, 0.05) is 38.2 Å². The van der Waals surface area contributed by atoms with Gasteiger partial charge in [-0.05, 0) is 27.2 Å². The van der Waals surface area contributed by atoms with Gasteiger partial charge in [0.15, 0.2) is 5.96 Å². The van der Waals surface area contributed by atoms with Crippen molar-refractivity contribution in [1.29, 1.82) is 0 Å². The fraction of sp³-hybridized carbons (Fsp3) is 0.929. The number of nitrogens with one attached hydrogen (secondary N) is 2. The van der Waals surface area contributed by atoms with E-state index in [9.17, 15) is 8.42 Å². The molecule has 2 N–H and O–H groups in total. The number of guanidine groups is 1. The van der Waals surface area contributed by atoms with Crippen LogP contribution in [0.15, 0.2) is 4.99 Å². The Bertz CT molecular complexity index is 470. The second-order valence-electron chi connectivity index (χ2n) is 6.54. The summed E-state index contributed by atoms with van der Waals surface area (Å²) in [5.41, 5.74) is -0.619. The van der Waals surface area contributed by atoms with E-state index in [0.717, 1.165) is 44.9 Å². The molecule has 1 aliphatic heterocycles. The van der Waals surface area contributed by atoms with Gasteiger partial charge in [-0.3, -0.25) is 4.99 Å². The average Bonchev–Trinajstić information content (AvgIpc) is 2.84. The van der Waals surface area contributed by atoms with E-state index in [0.29, 0.717) is 12.5 Å².